The van der Waals surface area contributed by atoms with Gasteiger partial charge in [0.2, 0.25) is 17.7 Å². The molecule has 2 amide bonds. The molecule has 0 bridgehead atoms. The molecule has 138 valence electrons. The highest BCUT2D eigenvalue weighted by Gasteiger charge is 2.26. The lowest BCUT2D eigenvalue weighted by Gasteiger charge is -2.30. The van der Waals surface area contributed by atoms with Crippen molar-refractivity contribution in [2.24, 2.45) is 0 Å². The maximum atomic E-state index is 12.4. The molecule has 1 aliphatic rings. The number of carbonyl (C=O) groups is 2. The zero-order valence-corrected chi connectivity index (χ0v) is 15.7. The van der Waals surface area contributed by atoms with Crippen LogP contribution in [-0.2, 0) is 9.59 Å². The van der Waals surface area contributed by atoms with E-state index in [-0.39, 0.29) is 24.0 Å². The highest BCUT2D eigenvalue weighted by Crippen LogP contribution is 2.23. The number of aromatic nitrogens is 1. The second-order valence-electron chi connectivity index (χ2n) is 6.30. The molecule has 0 aromatic carbocycles. The topological polar surface area (TPSA) is 80.3 Å². The van der Waals surface area contributed by atoms with Gasteiger partial charge < -0.3 is 15.4 Å². The average Bonchev–Trinajstić information content (AvgIpc) is 2.61. The third-order valence-electron chi connectivity index (χ3n) is 4.25. The SMILES string of the molecule is CSCC[C@@H](NC(C)=O)C(=O)NC1CCC(Oc2ccccn2)CC1. The molecule has 1 atom stereocenters. The smallest absolute Gasteiger partial charge is 0.242 e. The zero-order chi connectivity index (χ0) is 18.1. The molecule has 1 aliphatic carbocycles. The van der Waals surface area contributed by atoms with Gasteiger partial charge in [0.15, 0.2) is 0 Å². The molecule has 2 N–H and O–H groups in total. The van der Waals surface area contributed by atoms with Gasteiger partial charge in [-0.2, -0.15) is 11.8 Å². The summed E-state index contributed by atoms with van der Waals surface area (Å²) in [6.07, 6.45) is 8.02. The Bertz CT molecular complexity index is 548. The normalized spacial score (nSPS) is 21.2. The molecule has 2 rings (SSSR count). The van der Waals surface area contributed by atoms with E-state index in [0.29, 0.717) is 12.3 Å². The van der Waals surface area contributed by atoms with Gasteiger partial charge >= 0.3 is 0 Å². The molecule has 0 spiro atoms. The Hall–Kier alpha value is -1.76. The molecule has 0 aliphatic heterocycles. The van der Waals surface area contributed by atoms with Crippen LogP contribution in [0.1, 0.15) is 39.0 Å². The second-order valence-corrected chi connectivity index (χ2v) is 7.29. The van der Waals surface area contributed by atoms with Crippen LogP contribution in [0.15, 0.2) is 24.4 Å². The maximum Gasteiger partial charge on any atom is 0.242 e. The predicted molar refractivity (Wildman–Crippen MR) is 99.7 cm³/mol. The molecule has 0 radical (unpaired) electrons. The van der Waals surface area contributed by atoms with Gasteiger partial charge in [-0.3, -0.25) is 9.59 Å². The summed E-state index contributed by atoms with van der Waals surface area (Å²) >= 11 is 1.67. The summed E-state index contributed by atoms with van der Waals surface area (Å²) < 4.78 is 5.88. The largest absolute Gasteiger partial charge is 0.474 e. The Labute approximate surface area is 153 Å². The van der Waals surface area contributed by atoms with Crippen LogP contribution in [0.3, 0.4) is 0 Å². The van der Waals surface area contributed by atoms with Crippen molar-refractivity contribution in [1.82, 2.24) is 15.6 Å². The minimum Gasteiger partial charge on any atom is -0.474 e. The van der Waals surface area contributed by atoms with Crippen molar-refractivity contribution in [2.75, 3.05) is 12.0 Å². The molecular formula is C18H27N3O3S. The number of carbonyl (C=O) groups excluding carboxylic acids is 2. The summed E-state index contributed by atoms with van der Waals surface area (Å²) in [5.74, 6) is 1.23. The first-order valence-electron chi connectivity index (χ1n) is 8.72. The number of ether oxygens (including phenoxy) is 1. The van der Waals surface area contributed by atoms with E-state index in [2.05, 4.69) is 15.6 Å². The average molecular weight is 365 g/mol. The fraction of sp³-hybridized carbons (Fsp3) is 0.611. The van der Waals surface area contributed by atoms with E-state index >= 15 is 0 Å². The Balaban J connectivity index is 1.77. The Morgan fingerprint density at radius 1 is 1.32 bits per heavy atom. The molecule has 1 saturated carbocycles. The summed E-state index contributed by atoms with van der Waals surface area (Å²) in [7, 11) is 0. The van der Waals surface area contributed by atoms with E-state index in [1.807, 2.05) is 24.5 Å². The van der Waals surface area contributed by atoms with Gasteiger partial charge in [0.25, 0.3) is 0 Å². The maximum absolute atomic E-state index is 12.4. The van der Waals surface area contributed by atoms with Crippen molar-refractivity contribution >= 4 is 23.6 Å². The van der Waals surface area contributed by atoms with E-state index in [4.69, 9.17) is 4.74 Å². The minimum atomic E-state index is -0.451. The first-order valence-corrected chi connectivity index (χ1v) is 10.1. The molecule has 25 heavy (non-hydrogen) atoms. The van der Waals surface area contributed by atoms with E-state index in [9.17, 15) is 9.59 Å². The van der Waals surface area contributed by atoms with Gasteiger partial charge in [0.05, 0.1) is 0 Å². The van der Waals surface area contributed by atoms with Crippen LogP contribution >= 0.6 is 11.8 Å². The van der Waals surface area contributed by atoms with E-state index < -0.39 is 6.04 Å². The summed E-state index contributed by atoms with van der Waals surface area (Å²) in [6.45, 7) is 1.44. The lowest BCUT2D eigenvalue weighted by Crippen LogP contribution is -2.50. The molecule has 1 aromatic rings. The number of pyridine rings is 1. The first-order chi connectivity index (χ1) is 12.1. The quantitative estimate of drug-likeness (QED) is 0.738. The molecule has 7 heteroatoms. The van der Waals surface area contributed by atoms with Crippen LogP contribution in [0.5, 0.6) is 5.88 Å². The zero-order valence-electron chi connectivity index (χ0n) is 14.9. The number of nitrogens with zero attached hydrogens (tertiary/aromatic N) is 1. The van der Waals surface area contributed by atoms with Crippen LogP contribution in [0, 0.1) is 0 Å². The molecule has 0 saturated heterocycles. The Morgan fingerprint density at radius 2 is 2.08 bits per heavy atom. The van der Waals surface area contributed by atoms with Crippen LogP contribution < -0.4 is 15.4 Å². The molecule has 6 nitrogen and oxygen atoms in total. The minimum absolute atomic E-state index is 0.0849. The Morgan fingerprint density at radius 3 is 2.68 bits per heavy atom. The predicted octanol–water partition coefficient (Wildman–Crippen LogP) is 2.15. The highest BCUT2D eigenvalue weighted by atomic mass is 32.2. The summed E-state index contributed by atoms with van der Waals surface area (Å²) in [6, 6.07) is 5.32. The lowest BCUT2D eigenvalue weighted by molar-refractivity contribution is -0.128. The van der Waals surface area contributed by atoms with Crippen molar-refractivity contribution in [3.05, 3.63) is 24.4 Å². The van der Waals surface area contributed by atoms with Crippen LogP contribution in [0.2, 0.25) is 0 Å². The molecular weight excluding hydrogens is 338 g/mol. The van der Waals surface area contributed by atoms with Gasteiger partial charge in [-0.25, -0.2) is 4.98 Å². The standard InChI is InChI=1S/C18H27N3O3S/c1-13(22)20-16(10-12-25-2)18(23)21-14-6-8-15(9-7-14)24-17-5-3-4-11-19-17/h3-5,11,14-16H,6-10,12H2,1-2H3,(H,20,22)(H,21,23)/t14?,15?,16-/m1/s1. The third-order valence-corrected chi connectivity index (χ3v) is 4.89. The number of thioether (sulfide) groups is 1. The van der Waals surface area contributed by atoms with Crippen LogP contribution in [-0.4, -0.2) is 47.0 Å². The van der Waals surface area contributed by atoms with Gasteiger partial charge in [0, 0.05) is 25.2 Å². The number of nitrogens with one attached hydrogen (secondary N) is 2. The fourth-order valence-electron chi connectivity index (χ4n) is 2.96. The summed E-state index contributed by atoms with van der Waals surface area (Å²) in [5.41, 5.74) is 0. The number of hydrogen-bond donors (Lipinski definition) is 2. The number of amides is 2. The van der Waals surface area contributed by atoms with Crippen molar-refractivity contribution in [3.63, 3.8) is 0 Å². The number of rotatable bonds is 8. The Kier molecular flexibility index (Phi) is 8.04. The van der Waals surface area contributed by atoms with E-state index in [0.717, 1.165) is 31.4 Å². The summed E-state index contributed by atoms with van der Waals surface area (Å²) in [5, 5.41) is 5.83. The first kappa shape index (κ1) is 19.6. The van der Waals surface area contributed by atoms with Gasteiger partial charge in [-0.1, -0.05) is 6.07 Å². The fourth-order valence-corrected chi connectivity index (χ4v) is 3.44. The monoisotopic (exact) mass is 365 g/mol. The summed E-state index contributed by atoms with van der Waals surface area (Å²) in [4.78, 5) is 27.9. The van der Waals surface area contributed by atoms with Crippen LogP contribution in [0.25, 0.3) is 0 Å². The lowest BCUT2D eigenvalue weighted by atomic mass is 9.92. The van der Waals surface area contributed by atoms with Crippen molar-refractivity contribution in [3.8, 4) is 5.88 Å². The molecule has 1 fully saturated rings. The van der Waals surface area contributed by atoms with Crippen molar-refractivity contribution in [1.29, 1.82) is 0 Å². The van der Waals surface area contributed by atoms with E-state index in [1.165, 1.54) is 6.92 Å². The molecule has 1 heterocycles. The number of hydrogen-bond acceptors (Lipinski definition) is 5. The van der Waals surface area contributed by atoms with E-state index in [1.54, 1.807) is 18.0 Å². The second kappa shape index (κ2) is 10.3. The van der Waals surface area contributed by atoms with Crippen LogP contribution in [0.4, 0.5) is 0 Å². The highest BCUT2D eigenvalue weighted by molar-refractivity contribution is 7.98. The third kappa shape index (κ3) is 6.94. The van der Waals surface area contributed by atoms with Gasteiger partial charge in [-0.05, 0) is 50.2 Å². The van der Waals surface area contributed by atoms with Gasteiger partial charge in [0.1, 0.15) is 12.1 Å². The molecule has 0 unspecified atom stereocenters. The van der Waals surface area contributed by atoms with Crippen molar-refractivity contribution < 1.29 is 14.3 Å². The molecule has 1 aromatic heterocycles. The van der Waals surface area contributed by atoms with Gasteiger partial charge in [-0.15, -0.1) is 0 Å². The van der Waals surface area contributed by atoms with Crippen molar-refractivity contribution in [2.45, 2.75) is 57.2 Å².